The largest absolute Gasteiger partial charge is 0.495 e. The fourth-order valence-corrected chi connectivity index (χ4v) is 1.22. The topological polar surface area (TPSA) is 84.2 Å². The molecule has 0 atom stereocenters. The summed E-state index contributed by atoms with van der Waals surface area (Å²) in [6, 6.07) is 3.47. The van der Waals surface area contributed by atoms with Crippen molar-refractivity contribution in [3.05, 3.63) is 17.8 Å². The van der Waals surface area contributed by atoms with Gasteiger partial charge in [0.1, 0.15) is 23.0 Å². The molecule has 0 aliphatic heterocycles. The van der Waals surface area contributed by atoms with Crippen LogP contribution in [0.4, 0.5) is 10.6 Å². The summed E-state index contributed by atoms with van der Waals surface area (Å²) in [4.78, 5) is 15.5. The summed E-state index contributed by atoms with van der Waals surface area (Å²) in [5, 5.41) is 11.4. The maximum Gasteiger partial charge on any atom is 0.413 e. The molecular weight excluding hydrogens is 234 g/mol. The van der Waals surface area contributed by atoms with E-state index >= 15 is 0 Å². The van der Waals surface area contributed by atoms with Crippen LogP contribution in [0, 0.1) is 11.3 Å². The maximum atomic E-state index is 11.6. The van der Waals surface area contributed by atoms with Gasteiger partial charge >= 0.3 is 6.09 Å². The van der Waals surface area contributed by atoms with Crippen LogP contribution in [0.15, 0.2) is 12.3 Å². The minimum atomic E-state index is -0.667. The Morgan fingerprint density at radius 1 is 1.50 bits per heavy atom. The number of nitrogens with zero attached hydrogens (tertiary/aromatic N) is 2. The van der Waals surface area contributed by atoms with Gasteiger partial charge in [-0.05, 0) is 26.8 Å². The van der Waals surface area contributed by atoms with E-state index in [0.717, 1.165) is 0 Å². The van der Waals surface area contributed by atoms with Crippen molar-refractivity contribution in [3.63, 3.8) is 0 Å². The number of ether oxygens (including phenoxy) is 2. The zero-order chi connectivity index (χ0) is 13.8. The van der Waals surface area contributed by atoms with Gasteiger partial charge in [0.05, 0.1) is 7.11 Å². The predicted octanol–water partition coefficient (Wildman–Crippen LogP) is 2.31. The SMILES string of the molecule is COc1ccnc(NC(=O)OC(C)(C)C)c1C#N. The third-order valence-corrected chi connectivity index (χ3v) is 1.86. The lowest BCUT2D eigenvalue weighted by Crippen LogP contribution is -2.27. The van der Waals surface area contributed by atoms with Gasteiger partial charge in [-0.25, -0.2) is 9.78 Å². The van der Waals surface area contributed by atoms with Crippen LogP contribution in [0.3, 0.4) is 0 Å². The number of anilines is 1. The average molecular weight is 249 g/mol. The smallest absolute Gasteiger partial charge is 0.413 e. The van der Waals surface area contributed by atoms with Gasteiger partial charge in [0.15, 0.2) is 5.82 Å². The lowest BCUT2D eigenvalue weighted by Gasteiger charge is -2.19. The summed E-state index contributed by atoms with van der Waals surface area (Å²) in [6.45, 7) is 5.24. The molecule has 0 fully saturated rings. The van der Waals surface area contributed by atoms with Crippen molar-refractivity contribution in [3.8, 4) is 11.8 Å². The molecule has 0 saturated carbocycles. The highest BCUT2D eigenvalue weighted by Crippen LogP contribution is 2.23. The molecule has 96 valence electrons. The van der Waals surface area contributed by atoms with Crippen LogP contribution in [-0.4, -0.2) is 23.8 Å². The maximum absolute atomic E-state index is 11.6. The number of aromatic nitrogens is 1. The predicted molar refractivity (Wildman–Crippen MR) is 65.4 cm³/mol. The third kappa shape index (κ3) is 3.63. The van der Waals surface area contributed by atoms with E-state index in [4.69, 9.17) is 14.7 Å². The molecule has 0 radical (unpaired) electrons. The summed E-state index contributed by atoms with van der Waals surface area (Å²) in [7, 11) is 1.44. The minimum Gasteiger partial charge on any atom is -0.495 e. The summed E-state index contributed by atoms with van der Waals surface area (Å²) in [6.07, 6.45) is 0.770. The molecule has 0 spiro atoms. The molecule has 0 aromatic carbocycles. The second-order valence-electron chi connectivity index (χ2n) is 4.48. The first-order valence-corrected chi connectivity index (χ1v) is 5.30. The van der Waals surface area contributed by atoms with Gasteiger partial charge in [0, 0.05) is 6.20 Å². The highest BCUT2D eigenvalue weighted by Gasteiger charge is 2.19. The molecule has 18 heavy (non-hydrogen) atoms. The Bertz CT molecular complexity index is 486. The Morgan fingerprint density at radius 2 is 2.17 bits per heavy atom. The van der Waals surface area contributed by atoms with Crippen molar-refractivity contribution in [1.82, 2.24) is 4.98 Å². The van der Waals surface area contributed by atoms with E-state index in [-0.39, 0.29) is 11.4 Å². The van der Waals surface area contributed by atoms with Crippen molar-refractivity contribution in [2.75, 3.05) is 12.4 Å². The van der Waals surface area contributed by atoms with Crippen molar-refractivity contribution >= 4 is 11.9 Å². The van der Waals surface area contributed by atoms with Gasteiger partial charge < -0.3 is 9.47 Å². The van der Waals surface area contributed by atoms with Gasteiger partial charge in [-0.3, -0.25) is 5.32 Å². The van der Waals surface area contributed by atoms with E-state index in [1.54, 1.807) is 26.8 Å². The van der Waals surface area contributed by atoms with Crippen molar-refractivity contribution in [2.24, 2.45) is 0 Å². The lowest BCUT2D eigenvalue weighted by molar-refractivity contribution is 0.0635. The molecule has 0 aliphatic rings. The average Bonchev–Trinajstić information content (AvgIpc) is 2.25. The number of amides is 1. The zero-order valence-electron chi connectivity index (χ0n) is 10.8. The molecule has 1 N–H and O–H groups in total. The number of rotatable bonds is 2. The fraction of sp³-hybridized carbons (Fsp3) is 0.417. The quantitative estimate of drug-likeness (QED) is 0.869. The zero-order valence-corrected chi connectivity index (χ0v) is 10.8. The first-order valence-electron chi connectivity index (χ1n) is 5.30. The van der Waals surface area contributed by atoms with Gasteiger partial charge in [-0.15, -0.1) is 0 Å². The van der Waals surface area contributed by atoms with Crippen molar-refractivity contribution in [1.29, 1.82) is 5.26 Å². The van der Waals surface area contributed by atoms with E-state index in [0.29, 0.717) is 5.75 Å². The minimum absolute atomic E-state index is 0.117. The van der Waals surface area contributed by atoms with Crippen LogP contribution in [0.2, 0.25) is 0 Å². The third-order valence-electron chi connectivity index (χ3n) is 1.86. The van der Waals surface area contributed by atoms with Gasteiger partial charge in [0.2, 0.25) is 0 Å². The number of pyridine rings is 1. The molecule has 0 bridgehead atoms. The Labute approximate surface area is 106 Å². The Hall–Kier alpha value is -2.29. The monoisotopic (exact) mass is 249 g/mol. The van der Waals surface area contributed by atoms with E-state index < -0.39 is 11.7 Å². The molecular formula is C12H15N3O3. The number of nitriles is 1. The second kappa shape index (κ2) is 5.36. The first-order chi connectivity index (χ1) is 8.37. The van der Waals surface area contributed by atoms with Crippen LogP contribution in [0.5, 0.6) is 5.75 Å². The number of hydrogen-bond donors (Lipinski definition) is 1. The number of methoxy groups -OCH3 is 1. The molecule has 0 aliphatic carbocycles. The summed E-state index contributed by atoms with van der Waals surface area (Å²) < 4.78 is 10.1. The summed E-state index contributed by atoms with van der Waals surface area (Å²) in [5.74, 6) is 0.463. The van der Waals surface area contributed by atoms with Gasteiger partial charge in [0.25, 0.3) is 0 Å². The molecule has 1 aromatic rings. The Morgan fingerprint density at radius 3 is 2.67 bits per heavy atom. The van der Waals surface area contributed by atoms with Crippen LogP contribution in [0.1, 0.15) is 26.3 Å². The standard InChI is InChI=1S/C12H15N3O3/c1-12(2,3)18-11(16)15-10-8(7-13)9(17-4)5-6-14-10/h5-6H,1-4H3,(H,14,15,16). The molecule has 0 saturated heterocycles. The van der Waals surface area contributed by atoms with Crippen molar-refractivity contribution < 1.29 is 14.3 Å². The van der Waals surface area contributed by atoms with Crippen LogP contribution in [-0.2, 0) is 4.74 Å². The van der Waals surface area contributed by atoms with E-state index in [9.17, 15) is 4.79 Å². The Balaban J connectivity index is 2.92. The fourth-order valence-electron chi connectivity index (χ4n) is 1.22. The number of carbonyl (C=O) groups is 1. The summed E-state index contributed by atoms with van der Waals surface area (Å²) >= 11 is 0. The molecule has 0 unspecified atom stereocenters. The van der Waals surface area contributed by atoms with Crippen LogP contribution < -0.4 is 10.1 Å². The van der Waals surface area contributed by atoms with Crippen molar-refractivity contribution in [2.45, 2.75) is 26.4 Å². The molecule has 1 amide bonds. The van der Waals surface area contributed by atoms with Crippen LogP contribution in [0.25, 0.3) is 0 Å². The van der Waals surface area contributed by atoms with Gasteiger partial charge in [-0.2, -0.15) is 5.26 Å². The molecule has 6 nitrogen and oxygen atoms in total. The first kappa shape index (κ1) is 13.8. The molecule has 1 heterocycles. The normalized spacial score (nSPS) is 10.4. The van der Waals surface area contributed by atoms with Crippen LogP contribution >= 0.6 is 0 Å². The Kier molecular flexibility index (Phi) is 4.10. The second-order valence-corrected chi connectivity index (χ2v) is 4.48. The van der Waals surface area contributed by atoms with E-state index in [2.05, 4.69) is 10.3 Å². The lowest BCUT2D eigenvalue weighted by atomic mass is 10.2. The van der Waals surface area contributed by atoms with E-state index in [1.807, 2.05) is 6.07 Å². The van der Waals surface area contributed by atoms with E-state index in [1.165, 1.54) is 13.3 Å². The number of nitrogens with one attached hydrogen (secondary N) is 1. The van der Waals surface area contributed by atoms with Gasteiger partial charge in [-0.1, -0.05) is 0 Å². The number of hydrogen-bond acceptors (Lipinski definition) is 5. The molecule has 1 rings (SSSR count). The highest BCUT2D eigenvalue weighted by molar-refractivity contribution is 5.86. The summed E-state index contributed by atoms with van der Waals surface area (Å²) in [5.41, 5.74) is -0.457. The molecule has 1 aromatic heterocycles. The molecule has 6 heteroatoms. The highest BCUT2D eigenvalue weighted by atomic mass is 16.6. The number of carbonyl (C=O) groups excluding carboxylic acids is 1.